The second kappa shape index (κ2) is 10.7. The fourth-order valence-electron chi connectivity index (χ4n) is 2.17. The van der Waals surface area contributed by atoms with E-state index in [1.54, 1.807) is 0 Å². The minimum absolute atomic E-state index is 0. The standard InChI is InChI=1S/C18H29N3O.HI/c1-4-10-20-18(19-5-2)21-12-16-9-6-14(3)11-17(16)22-13-15-7-8-15;/h6,9,11,15H,4-5,7-8,10,12-13H2,1-3H3,(H2,19,20,21);1H. The van der Waals surface area contributed by atoms with Gasteiger partial charge in [0, 0.05) is 18.7 Å². The van der Waals surface area contributed by atoms with Crippen LogP contribution < -0.4 is 15.4 Å². The predicted molar refractivity (Wildman–Crippen MR) is 108 cm³/mol. The lowest BCUT2D eigenvalue weighted by Gasteiger charge is -2.13. The van der Waals surface area contributed by atoms with Gasteiger partial charge in [0.25, 0.3) is 0 Å². The van der Waals surface area contributed by atoms with Crippen LogP contribution in [0, 0.1) is 12.8 Å². The molecule has 0 unspecified atom stereocenters. The fraction of sp³-hybridized carbons (Fsp3) is 0.611. The van der Waals surface area contributed by atoms with Gasteiger partial charge in [-0.05, 0) is 50.7 Å². The van der Waals surface area contributed by atoms with Crippen LogP contribution in [0.1, 0.15) is 44.2 Å². The number of aliphatic imine (C=N–C) groups is 1. The summed E-state index contributed by atoms with van der Waals surface area (Å²) in [6.07, 6.45) is 3.71. The molecule has 0 aliphatic heterocycles. The van der Waals surface area contributed by atoms with Gasteiger partial charge in [-0.15, -0.1) is 24.0 Å². The molecule has 2 N–H and O–H groups in total. The van der Waals surface area contributed by atoms with E-state index in [4.69, 9.17) is 4.74 Å². The number of nitrogens with one attached hydrogen (secondary N) is 2. The molecule has 5 heteroatoms. The van der Waals surface area contributed by atoms with Crippen molar-refractivity contribution in [1.82, 2.24) is 10.6 Å². The van der Waals surface area contributed by atoms with E-state index in [0.29, 0.717) is 6.54 Å². The first-order valence-electron chi connectivity index (χ1n) is 8.47. The van der Waals surface area contributed by atoms with Gasteiger partial charge in [-0.3, -0.25) is 0 Å². The van der Waals surface area contributed by atoms with E-state index in [2.05, 4.69) is 54.6 Å². The molecule has 2 rings (SSSR count). The van der Waals surface area contributed by atoms with Gasteiger partial charge in [0.15, 0.2) is 5.96 Å². The molecule has 1 aliphatic rings. The van der Waals surface area contributed by atoms with Crippen LogP contribution in [0.4, 0.5) is 0 Å². The van der Waals surface area contributed by atoms with Crippen LogP contribution >= 0.6 is 24.0 Å². The summed E-state index contributed by atoms with van der Waals surface area (Å²) in [5.41, 5.74) is 2.38. The van der Waals surface area contributed by atoms with Crippen molar-refractivity contribution in [2.45, 2.75) is 46.6 Å². The summed E-state index contributed by atoms with van der Waals surface area (Å²) >= 11 is 0. The van der Waals surface area contributed by atoms with Crippen molar-refractivity contribution >= 4 is 29.9 Å². The van der Waals surface area contributed by atoms with E-state index in [1.807, 2.05) is 0 Å². The zero-order valence-electron chi connectivity index (χ0n) is 14.5. The Morgan fingerprint density at radius 2 is 2.04 bits per heavy atom. The summed E-state index contributed by atoms with van der Waals surface area (Å²) in [6, 6.07) is 6.38. The van der Waals surface area contributed by atoms with Gasteiger partial charge in [-0.2, -0.15) is 0 Å². The predicted octanol–water partition coefficient (Wildman–Crippen LogP) is 3.87. The maximum absolute atomic E-state index is 6.01. The summed E-state index contributed by atoms with van der Waals surface area (Å²) in [6.45, 7) is 9.62. The van der Waals surface area contributed by atoms with Crippen LogP contribution in [0.15, 0.2) is 23.2 Å². The molecular formula is C18H30IN3O. The molecule has 0 spiro atoms. The maximum atomic E-state index is 6.01. The van der Waals surface area contributed by atoms with Crippen molar-refractivity contribution in [3.63, 3.8) is 0 Å². The number of ether oxygens (including phenoxy) is 1. The smallest absolute Gasteiger partial charge is 0.191 e. The molecular weight excluding hydrogens is 401 g/mol. The third-order valence-corrected chi connectivity index (χ3v) is 3.69. The number of hydrogen-bond acceptors (Lipinski definition) is 2. The molecule has 1 aromatic carbocycles. The van der Waals surface area contributed by atoms with Crippen LogP contribution in [0.2, 0.25) is 0 Å². The zero-order chi connectivity index (χ0) is 15.8. The largest absolute Gasteiger partial charge is 0.493 e. The first-order valence-corrected chi connectivity index (χ1v) is 8.47. The molecule has 1 saturated carbocycles. The van der Waals surface area contributed by atoms with Crippen LogP contribution in [-0.2, 0) is 6.54 Å². The summed E-state index contributed by atoms with van der Waals surface area (Å²) in [5, 5.41) is 6.61. The van der Waals surface area contributed by atoms with Crippen molar-refractivity contribution in [3.05, 3.63) is 29.3 Å². The molecule has 130 valence electrons. The van der Waals surface area contributed by atoms with Crippen molar-refractivity contribution in [3.8, 4) is 5.75 Å². The summed E-state index contributed by atoms with van der Waals surface area (Å²) < 4.78 is 6.01. The van der Waals surface area contributed by atoms with Gasteiger partial charge in [-0.1, -0.05) is 19.1 Å². The highest BCUT2D eigenvalue weighted by Crippen LogP contribution is 2.30. The van der Waals surface area contributed by atoms with Crippen molar-refractivity contribution in [2.24, 2.45) is 10.9 Å². The molecule has 0 atom stereocenters. The van der Waals surface area contributed by atoms with E-state index in [-0.39, 0.29) is 24.0 Å². The number of rotatable bonds is 8. The van der Waals surface area contributed by atoms with E-state index in [9.17, 15) is 0 Å². The quantitative estimate of drug-likeness (QED) is 0.373. The van der Waals surface area contributed by atoms with E-state index in [0.717, 1.165) is 49.3 Å². The molecule has 0 radical (unpaired) electrons. The number of halogens is 1. The Hall–Kier alpha value is -0.980. The molecule has 1 aromatic rings. The van der Waals surface area contributed by atoms with Gasteiger partial charge in [0.05, 0.1) is 13.2 Å². The third kappa shape index (κ3) is 7.42. The number of guanidine groups is 1. The lowest BCUT2D eigenvalue weighted by molar-refractivity contribution is 0.296. The topological polar surface area (TPSA) is 45.7 Å². The van der Waals surface area contributed by atoms with Crippen molar-refractivity contribution in [2.75, 3.05) is 19.7 Å². The van der Waals surface area contributed by atoms with Gasteiger partial charge in [0.1, 0.15) is 5.75 Å². The van der Waals surface area contributed by atoms with Gasteiger partial charge in [-0.25, -0.2) is 4.99 Å². The molecule has 0 amide bonds. The van der Waals surface area contributed by atoms with E-state index >= 15 is 0 Å². The minimum Gasteiger partial charge on any atom is -0.493 e. The van der Waals surface area contributed by atoms with Crippen LogP contribution in [-0.4, -0.2) is 25.7 Å². The summed E-state index contributed by atoms with van der Waals surface area (Å²) in [5.74, 6) is 2.63. The highest BCUT2D eigenvalue weighted by molar-refractivity contribution is 14.0. The molecule has 0 aromatic heterocycles. The maximum Gasteiger partial charge on any atom is 0.191 e. The molecule has 0 bridgehead atoms. The molecule has 4 nitrogen and oxygen atoms in total. The highest BCUT2D eigenvalue weighted by atomic mass is 127. The van der Waals surface area contributed by atoms with Crippen molar-refractivity contribution in [1.29, 1.82) is 0 Å². The number of aryl methyl sites for hydroxylation is 1. The van der Waals surface area contributed by atoms with E-state index in [1.165, 1.54) is 18.4 Å². The first-order chi connectivity index (χ1) is 10.7. The molecule has 1 fully saturated rings. The second-order valence-electron chi connectivity index (χ2n) is 5.99. The summed E-state index contributed by atoms with van der Waals surface area (Å²) in [7, 11) is 0. The normalized spacial score (nSPS) is 14.1. The minimum atomic E-state index is 0. The molecule has 1 aliphatic carbocycles. The average Bonchev–Trinajstić information content (AvgIpc) is 3.33. The third-order valence-electron chi connectivity index (χ3n) is 3.69. The van der Waals surface area contributed by atoms with Gasteiger partial charge >= 0.3 is 0 Å². The zero-order valence-corrected chi connectivity index (χ0v) is 16.9. The highest BCUT2D eigenvalue weighted by Gasteiger charge is 2.22. The van der Waals surface area contributed by atoms with Crippen molar-refractivity contribution < 1.29 is 4.74 Å². The Bertz CT molecular complexity index is 501. The number of benzene rings is 1. The number of hydrogen-bond donors (Lipinski definition) is 2. The number of nitrogens with zero attached hydrogens (tertiary/aromatic N) is 1. The Morgan fingerprint density at radius 3 is 2.70 bits per heavy atom. The van der Waals surface area contributed by atoms with Crippen LogP contribution in [0.3, 0.4) is 0 Å². The Morgan fingerprint density at radius 1 is 1.26 bits per heavy atom. The van der Waals surface area contributed by atoms with E-state index < -0.39 is 0 Å². The molecule has 0 heterocycles. The van der Waals surface area contributed by atoms with Crippen LogP contribution in [0.25, 0.3) is 0 Å². The summed E-state index contributed by atoms with van der Waals surface area (Å²) in [4.78, 5) is 4.67. The average molecular weight is 431 g/mol. The lowest BCUT2D eigenvalue weighted by atomic mass is 10.1. The monoisotopic (exact) mass is 431 g/mol. The SMILES string of the molecule is CCCNC(=NCc1ccc(C)cc1OCC1CC1)NCC.I. The Balaban J connectivity index is 0.00000264. The lowest BCUT2D eigenvalue weighted by Crippen LogP contribution is -2.37. The Labute approximate surface area is 157 Å². The second-order valence-corrected chi connectivity index (χ2v) is 5.99. The van der Waals surface area contributed by atoms with Crippen LogP contribution in [0.5, 0.6) is 5.75 Å². The molecule has 0 saturated heterocycles. The first kappa shape index (κ1) is 20.1. The molecule has 23 heavy (non-hydrogen) atoms. The fourth-order valence-corrected chi connectivity index (χ4v) is 2.17. The van der Waals surface area contributed by atoms with Gasteiger partial charge in [0.2, 0.25) is 0 Å². The Kier molecular flexibility index (Phi) is 9.36. The van der Waals surface area contributed by atoms with Gasteiger partial charge < -0.3 is 15.4 Å².